The summed E-state index contributed by atoms with van der Waals surface area (Å²) in [5, 5.41) is 5.95. The minimum absolute atomic E-state index is 0.142. The monoisotopic (exact) mass is 545 g/mol. The fourth-order valence-electron chi connectivity index (χ4n) is 4.55. The number of aryl methyl sites for hydroxylation is 1. The Morgan fingerprint density at radius 3 is 2.10 bits per heavy atom. The molecule has 7 nitrogen and oxygen atoms in total. The van der Waals surface area contributed by atoms with E-state index in [-0.39, 0.29) is 17.7 Å². The predicted octanol–water partition coefficient (Wildman–Crippen LogP) is 7.00. The van der Waals surface area contributed by atoms with Crippen molar-refractivity contribution in [1.29, 1.82) is 0 Å². The molecule has 7 heteroatoms. The number of amides is 3. The van der Waals surface area contributed by atoms with Crippen molar-refractivity contribution in [3.63, 3.8) is 0 Å². The molecular weight excluding hydrogens is 490 g/mol. The highest BCUT2D eigenvalue weighted by Crippen LogP contribution is 2.29. The average Bonchev–Trinajstić information content (AvgIpc) is 2.77. The third-order valence-electron chi connectivity index (χ3n) is 6.48. The number of hydrogen-bond acceptors (Lipinski definition) is 4. The number of carbonyl (C=O) groups excluding carboxylic acids is 3. The van der Waals surface area contributed by atoms with Gasteiger partial charge in [-0.05, 0) is 90.8 Å². The number of nitrogens with one attached hydrogen (secondary N) is 2. The lowest BCUT2D eigenvalue weighted by Gasteiger charge is -2.37. The van der Waals surface area contributed by atoms with Gasteiger partial charge in [0, 0.05) is 12.1 Å². The van der Waals surface area contributed by atoms with Crippen LogP contribution in [0.4, 0.5) is 4.79 Å². The third kappa shape index (κ3) is 12.4. The minimum atomic E-state index is -0.821. The summed E-state index contributed by atoms with van der Waals surface area (Å²) >= 11 is 0. The summed E-state index contributed by atoms with van der Waals surface area (Å²) in [6.07, 6.45) is 4.87. The highest BCUT2D eigenvalue weighted by molar-refractivity contribution is 5.92. The molecule has 2 atom stereocenters. The molecule has 1 aromatic rings. The van der Waals surface area contributed by atoms with Gasteiger partial charge >= 0.3 is 6.09 Å². The fourth-order valence-corrected chi connectivity index (χ4v) is 4.55. The van der Waals surface area contributed by atoms with Crippen LogP contribution in [0.25, 0.3) is 0 Å². The van der Waals surface area contributed by atoms with Crippen molar-refractivity contribution in [2.24, 2.45) is 5.92 Å². The lowest BCUT2D eigenvalue weighted by molar-refractivity contribution is -0.143. The van der Waals surface area contributed by atoms with E-state index in [0.29, 0.717) is 13.0 Å². The van der Waals surface area contributed by atoms with Crippen LogP contribution in [0.15, 0.2) is 18.2 Å². The first-order chi connectivity index (χ1) is 18.0. The van der Waals surface area contributed by atoms with Gasteiger partial charge < -0.3 is 20.3 Å². The normalized spacial score (nSPS) is 13.5. The Bertz CT molecular complexity index is 944. The summed E-state index contributed by atoms with van der Waals surface area (Å²) in [7, 11) is 0. The van der Waals surface area contributed by atoms with Gasteiger partial charge in [0.25, 0.3) is 0 Å². The van der Waals surface area contributed by atoms with Crippen LogP contribution in [-0.2, 0) is 14.3 Å². The topological polar surface area (TPSA) is 87.7 Å². The van der Waals surface area contributed by atoms with Gasteiger partial charge in [0.2, 0.25) is 11.8 Å². The second-order valence-corrected chi connectivity index (χ2v) is 13.2. The van der Waals surface area contributed by atoms with Gasteiger partial charge in [0.1, 0.15) is 17.7 Å². The Balaban J connectivity index is 3.59. The Labute approximate surface area is 237 Å². The fraction of sp³-hybridized carbons (Fsp3) is 0.719. The quantitative estimate of drug-likeness (QED) is 0.261. The van der Waals surface area contributed by atoms with Crippen LogP contribution >= 0.6 is 0 Å². The highest BCUT2D eigenvalue weighted by Gasteiger charge is 2.38. The maximum absolute atomic E-state index is 14.4. The second-order valence-electron chi connectivity index (χ2n) is 13.2. The Hall–Kier alpha value is -2.57. The molecule has 1 aromatic carbocycles. The largest absolute Gasteiger partial charge is 0.444 e. The molecule has 0 saturated carbocycles. The summed E-state index contributed by atoms with van der Waals surface area (Å²) in [6.45, 7) is 21.8. The summed E-state index contributed by atoms with van der Waals surface area (Å²) in [4.78, 5) is 42.8. The summed E-state index contributed by atoms with van der Waals surface area (Å²) in [6, 6.07) is 4.25. The molecule has 0 aliphatic rings. The van der Waals surface area contributed by atoms with Crippen LogP contribution in [0.1, 0.15) is 124 Å². The molecule has 222 valence electrons. The molecule has 0 bridgehead atoms. The van der Waals surface area contributed by atoms with E-state index in [1.165, 1.54) is 0 Å². The molecule has 2 unspecified atom stereocenters. The maximum Gasteiger partial charge on any atom is 0.408 e. The molecule has 2 N–H and O–H groups in total. The van der Waals surface area contributed by atoms with E-state index in [0.717, 1.165) is 48.8 Å². The molecule has 0 saturated heterocycles. The number of benzene rings is 1. The molecule has 0 spiro atoms. The van der Waals surface area contributed by atoms with Gasteiger partial charge in [0.05, 0.1) is 0 Å². The Morgan fingerprint density at radius 2 is 1.56 bits per heavy atom. The van der Waals surface area contributed by atoms with Gasteiger partial charge in [-0.1, -0.05) is 64.7 Å². The molecule has 1 rings (SSSR count). The number of nitrogens with zero attached hydrogens (tertiary/aromatic N) is 1. The molecule has 0 radical (unpaired) electrons. The molecule has 0 heterocycles. The zero-order chi connectivity index (χ0) is 30.0. The van der Waals surface area contributed by atoms with E-state index in [1.807, 2.05) is 66.7 Å². The van der Waals surface area contributed by atoms with Crippen LogP contribution in [-0.4, -0.2) is 46.5 Å². The number of rotatable bonds is 13. The summed E-state index contributed by atoms with van der Waals surface area (Å²) < 4.78 is 5.50. The first-order valence-electron chi connectivity index (χ1n) is 14.6. The van der Waals surface area contributed by atoms with E-state index >= 15 is 0 Å². The Morgan fingerprint density at radius 1 is 0.949 bits per heavy atom. The number of ether oxygens (including phenoxy) is 1. The van der Waals surface area contributed by atoms with E-state index in [4.69, 9.17) is 4.74 Å². The van der Waals surface area contributed by atoms with Gasteiger partial charge in [-0.15, -0.1) is 0 Å². The van der Waals surface area contributed by atoms with Gasteiger partial charge in [-0.2, -0.15) is 0 Å². The number of hydrogen-bond donors (Lipinski definition) is 2. The van der Waals surface area contributed by atoms with E-state index in [9.17, 15) is 14.4 Å². The second kappa shape index (κ2) is 15.3. The third-order valence-corrected chi connectivity index (χ3v) is 6.48. The summed E-state index contributed by atoms with van der Waals surface area (Å²) in [5.74, 6) is -0.346. The molecule has 0 aliphatic carbocycles. The van der Waals surface area contributed by atoms with Crippen LogP contribution in [0, 0.1) is 19.8 Å². The van der Waals surface area contributed by atoms with E-state index in [1.54, 1.807) is 25.7 Å². The van der Waals surface area contributed by atoms with Crippen molar-refractivity contribution in [3.05, 3.63) is 34.9 Å². The van der Waals surface area contributed by atoms with Gasteiger partial charge in [0.15, 0.2) is 0 Å². The molecule has 3 amide bonds. The lowest BCUT2D eigenvalue weighted by Crippen LogP contribution is -2.55. The molecule has 39 heavy (non-hydrogen) atoms. The first-order valence-corrected chi connectivity index (χ1v) is 14.6. The predicted molar refractivity (Wildman–Crippen MR) is 160 cm³/mol. The van der Waals surface area contributed by atoms with Crippen molar-refractivity contribution in [1.82, 2.24) is 15.5 Å². The van der Waals surface area contributed by atoms with Crippen molar-refractivity contribution < 1.29 is 19.1 Å². The van der Waals surface area contributed by atoms with E-state index in [2.05, 4.69) is 17.6 Å². The molecular formula is C32H55N3O4. The lowest BCUT2D eigenvalue weighted by atomic mass is 9.93. The standard InChI is InChI=1S/C32H55N3O4/c1-12-13-14-15-16-20-35(29(37)26(21-22(2)3)33-30(38)39-32(9,10)11)27(28(36)34-31(6,7)8)25-19-17-18-23(4)24(25)5/h17-19,22,26-27H,12-16,20-21H2,1-11H3,(H,33,38)(H,34,36). The van der Waals surface area contributed by atoms with Gasteiger partial charge in [-0.3, -0.25) is 9.59 Å². The number of alkyl carbamates (subject to hydrolysis) is 1. The zero-order valence-electron chi connectivity index (χ0n) is 26.5. The zero-order valence-corrected chi connectivity index (χ0v) is 26.5. The van der Waals surface area contributed by atoms with Crippen LogP contribution in [0.2, 0.25) is 0 Å². The number of unbranched alkanes of at least 4 members (excludes halogenated alkanes) is 4. The minimum Gasteiger partial charge on any atom is -0.444 e. The van der Waals surface area contributed by atoms with Crippen molar-refractivity contribution in [2.75, 3.05) is 6.54 Å². The van der Waals surface area contributed by atoms with Crippen molar-refractivity contribution >= 4 is 17.9 Å². The average molecular weight is 546 g/mol. The maximum atomic E-state index is 14.4. The highest BCUT2D eigenvalue weighted by atomic mass is 16.6. The van der Waals surface area contributed by atoms with E-state index < -0.39 is 29.3 Å². The van der Waals surface area contributed by atoms with Crippen LogP contribution < -0.4 is 10.6 Å². The smallest absolute Gasteiger partial charge is 0.408 e. The molecule has 0 fully saturated rings. The Kier molecular flexibility index (Phi) is 13.5. The number of carbonyl (C=O) groups is 3. The van der Waals surface area contributed by atoms with Gasteiger partial charge in [-0.25, -0.2) is 4.79 Å². The SMILES string of the molecule is CCCCCCCN(C(=O)C(CC(C)C)NC(=O)OC(C)(C)C)C(C(=O)NC(C)(C)C)c1cccc(C)c1C. The summed E-state index contributed by atoms with van der Waals surface area (Å²) in [5.41, 5.74) is 1.68. The molecule has 0 aromatic heterocycles. The van der Waals surface area contributed by atoms with Crippen LogP contribution in [0.3, 0.4) is 0 Å². The van der Waals surface area contributed by atoms with Crippen LogP contribution in [0.5, 0.6) is 0 Å². The molecule has 0 aliphatic heterocycles. The van der Waals surface area contributed by atoms with Crippen molar-refractivity contribution in [3.8, 4) is 0 Å². The van der Waals surface area contributed by atoms with Crippen molar-refractivity contribution in [2.45, 2.75) is 138 Å². The first kappa shape index (κ1) is 34.5.